The first-order chi connectivity index (χ1) is 16.2. The zero-order valence-corrected chi connectivity index (χ0v) is 18.2. The molecule has 1 heterocycles. The molecule has 1 atom stereocenters. The topological polar surface area (TPSA) is 47.6 Å². The first-order valence-corrected chi connectivity index (χ1v) is 11.2. The van der Waals surface area contributed by atoms with Crippen molar-refractivity contribution >= 4 is 6.09 Å². The van der Waals surface area contributed by atoms with E-state index in [1.165, 1.54) is 22.3 Å². The van der Waals surface area contributed by atoms with Crippen molar-refractivity contribution < 1.29 is 14.3 Å². The van der Waals surface area contributed by atoms with Gasteiger partial charge in [-0.05, 0) is 46.9 Å². The minimum atomic E-state index is -0.440. The van der Waals surface area contributed by atoms with Crippen LogP contribution in [-0.4, -0.2) is 12.7 Å². The van der Waals surface area contributed by atoms with Gasteiger partial charge in [-0.3, -0.25) is 0 Å². The molecule has 0 radical (unpaired) electrons. The summed E-state index contributed by atoms with van der Waals surface area (Å²) < 4.78 is 11.9. The monoisotopic (exact) mass is 433 g/mol. The number of aryl methyl sites for hydroxylation is 1. The van der Waals surface area contributed by atoms with Crippen molar-refractivity contribution in [3.63, 3.8) is 0 Å². The number of ether oxygens (including phenoxy) is 2. The number of hydrogen-bond acceptors (Lipinski definition) is 3. The van der Waals surface area contributed by atoms with E-state index in [9.17, 15) is 4.79 Å². The second kappa shape index (κ2) is 7.82. The second-order valence-corrected chi connectivity index (χ2v) is 8.58. The smallest absolute Gasteiger partial charge is 0.407 e. The molecule has 0 saturated carbocycles. The van der Waals surface area contributed by atoms with Crippen LogP contribution >= 0.6 is 0 Å². The van der Waals surface area contributed by atoms with Gasteiger partial charge in [0.25, 0.3) is 0 Å². The number of benzene rings is 4. The number of alkyl carbamates (subject to hydrolysis) is 1. The molecule has 0 aromatic heterocycles. The van der Waals surface area contributed by atoms with Gasteiger partial charge >= 0.3 is 6.09 Å². The quantitative estimate of drug-likeness (QED) is 0.390. The lowest BCUT2D eigenvalue weighted by Crippen LogP contribution is -2.32. The van der Waals surface area contributed by atoms with Crippen molar-refractivity contribution in [1.29, 1.82) is 0 Å². The number of nitrogens with one attached hydrogen (secondary N) is 1. The molecular formula is C29H23NO3. The maximum Gasteiger partial charge on any atom is 0.407 e. The van der Waals surface area contributed by atoms with Crippen LogP contribution in [-0.2, 0) is 4.74 Å². The summed E-state index contributed by atoms with van der Waals surface area (Å²) in [4.78, 5) is 13.0. The van der Waals surface area contributed by atoms with Gasteiger partial charge in [0, 0.05) is 17.0 Å². The Balaban J connectivity index is 1.25. The molecule has 4 aromatic carbocycles. The van der Waals surface area contributed by atoms with E-state index in [2.05, 4.69) is 29.6 Å². The summed E-state index contributed by atoms with van der Waals surface area (Å²) in [5.74, 6) is 1.54. The third-order valence-electron chi connectivity index (χ3n) is 6.54. The Kier molecular flexibility index (Phi) is 4.65. The summed E-state index contributed by atoms with van der Waals surface area (Å²) in [5.41, 5.74) is 7.77. The number of hydrogen-bond donors (Lipinski definition) is 1. The standard InChI is InChI=1S/C29H23NO3/c1-18-14-15-24-27(16-18)33-26-13-7-6-12-23(26)28(24)30-29(31)32-17-25-21-10-4-2-8-19(21)20-9-3-5-11-22(20)25/h2-16,25,28H,17H2,1H3,(H,30,31). The molecule has 1 aliphatic carbocycles. The molecule has 4 heteroatoms. The fourth-order valence-electron chi connectivity index (χ4n) is 4.98. The molecule has 0 bridgehead atoms. The van der Waals surface area contributed by atoms with Crippen molar-refractivity contribution in [1.82, 2.24) is 5.32 Å². The van der Waals surface area contributed by atoms with Crippen LogP contribution in [0.4, 0.5) is 4.79 Å². The van der Waals surface area contributed by atoms with E-state index in [0.29, 0.717) is 0 Å². The normalized spacial score (nSPS) is 15.5. The van der Waals surface area contributed by atoms with Crippen LogP contribution in [0.15, 0.2) is 91.0 Å². The minimum Gasteiger partial charge on any atom is -0.457 e. The molecule has 0 saturated heterocycles. The van der Waals surface area contributed by atoms with Crippen LogP contribution in [0.5, 0.6) is 11.5 Å². The highest BCUT2D eigenvalue weighted by Gasteiger charge is 2.31. The van der Waals surface area contributed by atoms with Crippen molar-refractivity contribution in [3.8, 4) is 22.6 Å². The number of para-hydroxylation sites is 1. The van der Waals surface area contributed by atoms with Crippen LogP contribution < -0.4 is 10.1 Å². The Hall–Kier alpha value is -4.05. The molecule has 2 aliphatic rings. The number of carbonyl (C=O) groups excluding carboxylic acids is 1. The Morgan fingerprint density at radius 3 is 2.12 bits per heavy atom. The largest absolute Gasteiger partial charge is 0.457 e. The Morgan fingerprint density at radius 1 is 0.788 bits per heavy atom. The molecular weight excluding hydrogens is 410 g/mol. The van der Waals surface area contributed by atoms with Crippen molar-refractivity contribution in [2.24, 2.45) is 0 Å². The Labute approximate surface area is 192 Å². The molecule has 0 spiro atoms. The van der Waals surface area contributed by atoms with E-state index in [1.54, 1.807) is 0 Å². The predicted octanol–water partition coefficient (Wildman–Crippen LogP) is 6.73. The minimum absolute atomic E-state index is 0.0278. The van der Waals surface area contributed by atoms with Crippen molar-refractivity contribution in [3.05, 3.63) is 119 Å². The molecule has 1 N–H and O–H groups in total. The molecule has 33 heavy (non-hydrogen) atoms. The lowest BCUT2D eigenvalue weighted by Gasteiger charge is -2.29. The molecule has 6 rings (SSSR count). The summed E-state index contributed by atoms with van der Waals surface area (Å²) >= 11 is 0. The number of carbonyl (C=O) groups is 1. The molecule has 162 valence electrons. The maximum absolute atomic E-state index is 13.0. The van der Waals surface area contributed by atoms with E-state index in [0.717, 1.165) is 28.2 Å². The maximum atomic E-state index is 13.0. The summed E-state index contributed by atoms with van der Waals surface area (Å²) in [6.07, 6.45) is -0.440. The van der Waals surface area contributed by atoms with E-state index in [-0.39, 0.29) is 18.6 Å². The highest BCUT2D eigenvalue weighted by Crippen LogP contribution is 2.45. The fraction of sp³-hybridized carbons (Fsp3) is 0.138. The molecule has 1 aliphatic heterocycles. The van der Waals surface area contributed by atoms with Gasteiger partial charge < -0.3 is 14.8 Å². The van der Waals surface area contributed by atoms with Crippen LogP contribution in [0, 0.1) is 6.92 Å². The Morgan fingerprint density at radius 2 is 1.39 bits per heavy atom. The lowest BCUT2D eigenvalue weighted by atomic mass is 9.94. The summed E-state index contributed by atoms with van der Waals surface area (Å²) in [7, 11) is 0. The van der Waals surface area contributed by atoms with Gasteiger partial charge in [0.05, 0.1) is 6.04 Å². The summed E-state index contributed by atoms with van der Waals surface area (Å²) in [6, 6.07) is 30.2. The van der Waals surface area contributed by atoms with Crippen molar-refractivity contribution in [2.75, 3.05) is 6.61 Å². The average Bonchev–Trinajstić information content (AvgIpc) is 3.16. The first kappa shape index (κ1) is 19.6. The van der Waals surface area contributed by atoms with E-state index >= 15 is 0 Å². The van der Waals surface area contributed by atoms with E-state index < -0.39 is 6.09 Å². The summed E-state index contributed by atoms with van der Waals surface area (Å²) in [6.45, 7) is 2.31. The van der Waals surface area contributed by atoms with Gasteiger partial charge in [0.15, 0.2) is 0 Å². The molecule has 0 fully saturated rings. The molecule has 4 aromatic rings. The fourth-order valence-corrected chi connectivity index (χ4v) is 4.98. The van der Waals surface area contributed by atoms with E-state index in [4.69, 9.17) is 9.47 Å². The van der Waals surface area contributed by atoms with Crippen LogP contribution in [0.3, 0.4) is 0 Å². The van der Waals surface area contributed by atoms with Gasteiger partial charge in [-0.25, -0.2) is 4.79 Å². The van der Waals surface area contributed by atoms with Crippen LogP contribution in [0.1, 0.15) is 39.8 Å². The van der Waals surface area contributed by atoms with Gasteiger partial charge in [-0.2, -0.15) is 0 Å². The molecule has 1 amide bonds. The molecule has 4 nitrogen and oxygen atoms in total. The number of amides is 1. The predicted molar refractivity (Wildman–Crippen MR) is 128 cm³/mol. The second-order valence-electron chi connectivity index (χ2n) is 8.58. The molecule has 1 unspecified atom stereocenters. The SMILES string of the molecule is Cc1ccc2c(c1)Oc1ccccc1C2NC(=O)OCC1c2ccccc2-c2ccccc21. The van der Waals surface area contributed by atoms with Gasteiger partial charge in [-0.15, -0.1) is 0 Å². The van der Waals surface area contributed by atoms with Gasteiger partial charge in [0.1, 0.15) is 18.1 Å². The van der Waals surface area contributed by atoms with Crippen LogP contribution in [0.2, 0.25) is 0 Å². The van der Waals surface area contributed by atoms with Crippen molar-refractivity contribution in [2.45, 2.75) is 18.9 Å². The van der Waals surface area contributed by atoms with Gasteiger partial charge in [0.2, 0.25) is 0 Å². The summed E-state index contributed by atoms with van der Waals surface area (Å²) in [5, 5.41) is 3.08. The third kappa shape index (κ3) is 3.35. The van der Waals surface area contributed by atoms with Gasteiger partial charge in [-0.1, -0.05) is 78.9 Å². The lowest BCUT2D eigenvalue weighted by molar-refractivity contribution is 0.140. The first-order valence-electron chi connectivity index (χ1n) is 11.2. The number of rotatable bonds is 3. The average molecular weight is 434 g/mol. The zero-order chi connectivity index (χ0) is 22.4. The Bertz CT molecular complexity index is 1330. The zero-order valence-electron chi connectivity index (χ0n) is 18.2. The highest BCUT2D eigenvalue weighted by molar-refractivity contribution is 5.79. The third-order valence-corrected chi connectivity index (χ3v) is 6.54. The van der Waals surface area contributed by atoms with E-state index in [1.807, 2.05) is 73.7 Å². The van der Waals surface area contributed by atoms with Crippen LogP contribution in [0.25, 0.3) is 11.1 Å². The highest BCUT2D eigenvalue weighted by atomic mass is 16.5. The number of fused-ring (bicyclic) bond motifs is 5.